The number of hydrogen-bond acceptors (Lipinski definition) is 3. The van der Waals surface area contributed by atoms with Gasteiger partial charge in [0, 0.05) is 15.5 Å². The first-order valence-corrected chi connectivity index (χ1v) is 6.85. The van der Waals surface area contributed by atoms with Crippen molar-refractivity contribution in [3.05, 3.63) is 58.7 Å². The molecule has 100 valence electrons. The number of halogens is 1. The summed E-state index contributed by atoms with van der Waals surface area (Å²) in [5.74, 6) is -0.0653. The largest absolute Gasteiger partial charge is 0.438 e. The van der Waals surface area contributed by atoms with Gasteiger partial charge in [-0.3, -0.25) is 4.79 Å². The maximum absolute atomic E-state index is 12.2. The molecule has 0 fully saturated rings. The number of carbonyl (C=O) groups is 1. The zero-order valence-corrected chi connectivity index (χ0v) is 12.3. The molecule has 1 heterocycles. The third-order valence-electron chi connectivity index (χ3n) is 3.07. The molecule has 0 spiro atoms. The van der Waals surface area contributed by atoms with Crippen molar-refractivity contribution in [2.75, 3.05) is 5.32 Å². The van der Waals surface area contributed by atoms with Crippen LogP contribution in [0.25, 0.3) is 10.8 Å². The Morgan fingerprint density at radius 3 is 2.65 bits per heavy atom. The third-order valence-corrected chi connectivity index (χ3v) is 3.76. The lowest BCUT2D eigenvalue weighted by molar-refractivity contribution is 0.0996. The number of nitrogens with one attached hydrogen (secondary N) is 1. The fourth-order valence-corrected chi connectivity index (χ4v) is 2.55. The van der Waals surface area contributed by atoms with Crippen LogP contribution in [-0.2, 0) is 0 Å². The van der Waals surface area contributed by atoms with Crippen molar-refractivity contribution in [2.45, 2.75) is 6.92 Å². The van der Waals surface area contributed by atoms with Gasteiger partial charge in [0.25, 0.3) is 5.91 Å². The lowest BCUT2D eigenvalue weighted by Gasteiger charge is -2.09. The maximum Gasteiger partial charge on any atom is 0.293 e. The highest BCUT2D eigenvalue weighted by molar-refractivity contribution is 9.10. The van der Waals surface area contributed by atoms with Gasteiger partial charge < -0.3 is 9.73 Å². The van der Waals surface area contributed by atoms with Crippen molar-refractivity contribution in [3.8, 4) is 0 Å². The highest BCUT2D eigenvalue weighted by Crippen LogP contribution is 2.30. The number of fused-ring (bicyclic) bond motifs is 1. The quantitative estimate of drug-likeness (QED) is 0.767. The van der Waals surface area contributed by atoms with Crippen LogP contribution in [0.1, 0.15) is 16.2 Å². The minimum absolute atomic E-state index is 0.233. The average molecular weight is 331 g/mol. The summed E-state index contributed by atoms with van der Waals surface area (Å²) in [5, 5.41) is 4.87. The Hall–Kier alpha value is -2.14. The predicted molar refractivity (Wildman–Crippen MR) is 80.8 cm³/mol. The zero-order chi connectivity index (χ0) is 14.1. The highest BCUT2D eigenvalue weighted by atomic mass is 79.9. The molecule has 0 aliphatic heterocycles. The van der Waals surface area contributed by atoms with Gasteiger partial charge >= 0.3 is 0 Å². The normalized spacial score (nSPS) is 10.7. The zero-order valence-electron chi connectivity index (χ0n) is 10.7. The number of benzene rings is 2. The Kier molecular flexibility index (Phi) is 3.28. The van der Waals surface area contributed by atoms with Crippen molar-refractivity contribution < 1.29 is 9.21 Å². The van der Waals surface area contributed by atoms with E-state index in [9.17, 15) is 4.79 Å². The highest BCUT2D eigenvalue weighted by Gasteiger charge is 2.15. The molecule has 20 heavy (non-hydrogen) atoms. The predicted octanol–water partition coefficient (Wildman–Crippen LogP) is 4.15. The summed E-state index contributed by atoms with van der Waals surface area (Å²) in [6.07, 6.45) is 1.27. The molecule has 0 saturated heterocycles. The molecule has 0 aliphatic carbocycles. The second kappa shape index (κ2) is 5.09. The summed E-state index contributed by atoms with van der Waals surface area (Å²) in [6, 6.07) is 11.6. The van der Waals surface area contributed by atoms with E-state index in [0.717, 1.165) is 20.9 Å². The van der Waals surface area contributed by atoms with E-state index in [1.54, 1.807) is 6.92 Å². The molecule has 1 N–H and O–H groups in total. The van der Waals surface area contributed by atoms with Gasteiger partial charge in [-0.25, -0.2) is 4.98 Å². The Balaban J connectivity index is 2.02. The van der Waals surface area contributed by atoms with E-state index in [-0.39, 0.29) is 11.7 Å². The molecule has 1 aromatic heterocycles. The van der Waals surface area contributed by atoms with Gasteiger partial charge in [0.15, 0.2) is 6.39 Å². The van der Waals surface area contributed by atoms with Crippen molar-refractivity contribution >= 4 is 38.3 Å². The summed E-state index contributed by atoms with van der Waals surface area (Å²) in [5.41, 5.74) is 1.31. The number of nitrogens with zero attached hydrogens (tertiary/aromatic N) is 1. The fraction of sp³-hybridized carbons (Fsp3) is 0.0667. The van der Waals surface area contributed by atoms with E-state index < -0.39 is 0 Å². The van der Waals surface area contributed by atoms with Crippen molar-refractivity contribution in [1.82, 2.24) is 4.98 Å². The van der Waals surface area contributed by atoms with Gasteiger partial charge in [0.1, 0.15) is 0 Å². The van der Waals surface area contributed by atoms with Crippen LogP contribution in [0.2, 0.25) is 0 Å². The van der Waals surface area contributed by atoms with Crippen molar-refractivity contribution in [3.63, 3.8) is 0 Å². The maximum atomic E-state index is 12.2. The molecule has 0 radical (unpaired) electrons. The molecule has 3 aromatic rings. The summed E-state index contributed by atoms with van der Waals surface area (Å²) >= 11 is 3.51. The van der Waals surface area contributed by atoms with Gasteiger partial charge in [-0.1, -0.05) is 40.2 Å². The minimum Gasteiger partial charge on any atom is -0.438 e. The number of anilines is 1. The number of rotatable bonds is 2. The smallest absolute Gasteiger partial charge is 0.293 e. The van der Waals surface area contributed by atoms with Crippen LogP contribution < -0.4 is 5.32 Å². The number of carbonyl (C=O) groups excluding carboxylic acids is 1. The van der Waals surface area contributed by atoms with E-state index >= 15 is 0 Å². The molecule has 4 nitrogen and oxygen atoms in total. The summed E-state index contributed by atoms with van der Waals surface area (Å²) < 4.78 is 6.09. The van der Waals surface area contributed by atoms with Gasteiger partial charge in [-0.15, -0.1) is 0 Å². The number of aromatic nitrogens is 1. The fourth-order valence-electron chi connectivity index (χ4n) is 2.07. The molecule has 5 heteroatoms. The molecular weight excluding hydrogens is 320 g/mol. The van der Waals surface area contributed by atoms with Crippen LogP contribution in [-0.4, -0.2) is 10.9 Å². The molecule has 0 atom stereocenters. The monoisotopic (exact) mass is 330 g/mol. The lowest BCUT2D eigenvalue weighted by Crippen LogP contribution is -2.12. The van der Waals surface area contributed by atoms with Gasteiger partial charge in [-0.05, 0) is 24.4 Å². The van der Waals surface area contributed by atoms with Crippen LogP contribution >= 0.6 is 15.9 Å². The van der Waals surface area contributed by atoms with Crippen LogP contribution in [0.15, 0.2) is 51.7 Å². The van der Waals surface area contributed by atoms with Crippen LogP contribution in [0.4, 0.5) is 5.69 Å². The second-order valence-electron chi connectivity index (χ2n) is 4.36. The first kappa shape index (κ1) is 12.9. The molecule has 1 amide bonds. The van der Waals surface area contributed by atoms with E-state index in [2.05, 4.69) is 26.2 Å². The SMILES string of the molecule is Cc1ncoc1C(=O)Nc1ccc(Br)c2ccccc12. The van der Waals surface area contributed by atoms with E-state index in [4.69, 9.17) is 4.42 Å². The molecule has 0 bridgehead atoms. The molecule has 2 aromatic carbocycles. The Bertz CT molecular complexity index is 795. The van der Waals surface area contributed by atoms with E-state index in [1.165, 1.54) is 6.39 Å². The Labute approximate surface area is 123 Å². The summed E-state index contributed by atoms with van der Waals surface area (Å²) in [4.78, 5) is 16.1. The molecule has 0 unspecified atom stereocenters. The summed E-state index contributed by atoms with van der Waals surface area (Å²) in [6.45, 7) is 1.73. The number of oxazole rings is 1. The van der Waals surface area contributed by atoms with E-state index in [1.807, 2.05) is 36.4 Å². The number of hydrogen-bond donors (Lipinski definition) is 1. The van der Waals surface area contributed by atoms with E-state index in [0.29, 0.717) is 5.69 Å². The Morgan fingerprint density at radius 2 is 1.95 bits per heavy atom. The molecule has 0 saturated carbocycles. The Morgan fingerprint density at radius 1 is 1.20 bits per heavy atom. The number of amides is 1. The number of aryl methyl sites for hydroxylation is 1. The summed E-state index contributed by atoms with van der Waals surface area (Å²) in [7, 11) is 0. The van der Waals surface area contributed by atoms with Gasteiger partial charge in [0.2, 0.25) is 5.76 Å². The molecule has 0 aliphatic rings. The van der Waals surface area contributed by atoms with Crippen LogP contribution in [0, 0.1) is 6.92 Å². The minimum atomic E-state index is -0.299. The van der Waals surface area contributed by atoms with Gasteiger partial charge in [0.05, 0.1) is 5.69 Å². The van der Waals surface area contributed by atoms with Crippen LogP contribution in [0.5, 0.6) is 0 Å². The first-order valence-electron chi connectivity index (χ1n) is 6.05. The third kappa shape index (κ3) is 2.20. The lowest BCUT2D eigenvalue weighted by atomic mass is 10.1. The van der Waals surface area contributed by atoms with Crippen molar-refractivity contribution in [2.24, 2.45) is 0 Å². The molecule has 3 rings (SSSR count). The standard InChI is InChI=1S/C15H11BrN2O2/c1-9-14(20-8-17-9)15(19)18-13-7-6-12(16)10-4-2-3-5-11(10)13/h2-8H,1H3,(H,18,19). The topological polar surface area (TPSA) is 55.1 Å². The van der Waals surface area contributed by atoms with Crippen molar-refractivity contribution in [1.29, 1.82) is 0 Å². The second-order valence-corrected chi connectivity index (χ2v) is 5.22. The van der Waals surface area contributed by atoms with Gasteiger partial charge in [-0.2, -0.15) is 0 Å². The first-order chi connectivity index (χ1) is 9.66. The molecular formula is C15H11BrN2O2. The average Bonchev–Trinajstić information content (AvgIpc) is 2.88. The van der Waals surface area contributed by atoms with Crippen LogP contribution in [0.3, 0.4) is 0 Å².